The summed E-state index contributed by atoms with van der Waals surface area (Å²) in [5, 5.41) is 0. The Morgan fingerprint density at radius 1 is 0.938 bits per heavy atom. The van der Waals surface area contributed by atoms with Crippen LogP contribution >= 0.6 is 0 Å². The van der Waals surface area contributed by atoms with Crippen molar-refractivity contribution in [2.45, 2.75) is 27.3 Å². The summed E-state index contributed by atoms with van der Waals surface area (Å²) in [7, 11) is 0. The number of ketones is 2. The minimum absolute atomic E-state index is 0.0902. The molecule has 5 nitrogen and oxygen atoms in total. The standard InChI is InChI=1S/C27H31N3O2/c1-20-17-26(21(2)30(20)18-23-7-5-4-6-8-23)27(32)19-28-13-15-29(16-14-28)25-11-9-24(10-12-25)22(3)31/h4-12,17H,13-16,18-19H2,1-3H3/p+1. The van der Waals surface area contributed by atoms with Crippen LogP contribution in [0.4, 0.5) is 5.69 Å². The number of nitrogens with one attached hydrogen (secondary N) is 1. The number of nitrogens with zero attached hydrogens (tertiary/aromatic N) is 2. The van der Waals surface area contributed by atoms with Gasteiger partial charge < -0.3 is 14.4 Å². The van der Waals surface area contributed by atoms with E-state index in [1.54, 1.807) is 6.92 Å². The molecule has 0 saturated carbocycles. The van der Waals surface area contributed by atoms with Gasteiger partial charge in [-0.25, -0.2) is 0 Å². The number of aryl methyl sites for hydroxylation is 1. The molecule has 3 aromatic rings. The summed E-state index contributed by atoms with van der Waals surface area (Å²) in [4.78, 5) is 28.3. The van der Waals surface area contributed by atoms with E-state index in [0.29, 0.717) is 6.54 Å². The molecule has 2 aromatic carbocycles. The zero-order valence-corrected chi connectivity index (χ0v) is 19.2. The van der Waals surface area contributed by atoms with Crippen LogP contribution in [0, 0.1) is 13.8 Å². The fourth-order valence-corrected chi connectivity index (χ4v) is 4.58. The molecule has 1 N–H and O–H groups in total. The van der Waals surface area contributed by atoms with Gasteiger partial charge in [-0.15, -0.1) is 0 Å². The molecular weight excluding hydrogens is 398 g/mol. The lowest BCUT2D eigenvalue weighted by molar-refractivity contribution is -0.892. The van der Waals surface area contributed by atoms with Gasteiger partial charge in [0.1, 0.15) is 6.54 Å². The summed E-state index contributed by atoms with van der Waals surface area (Å²) in [5.74, 6) is 0.319. The van der Waals surface area contributed by atoms with Gasteiger partial charge in [-0.2, -0.15) is 0 Å². The molecule has 0 spiro atoms. The number of hydrogen-bond acceptors (Lipinski definition) is 3. The zero-order valence-electron chi connectivity index (χ0n) is 19.2. The van der Waals surface area contributed by atoms with Gasteiger partial charge in [0.2, 0.25) is 5.78 Å². The van der Waals surface area contributed by atoms with E-state index >= 15 is 0 Å². The third-order valence-corrected chi connectivity index (χ3v) is 6.58. The maximum Gasteiger partial charge on any atom is 0.218 e. The van der Waals surface area contributed by atoms with Gasteiger partial charge in [-0.05, 0) is 56.7 Å². The number of quaternary nitrogens is 1. The first-order chi connectivity index (χ1) is 15.4. The smallest absolute Gasteiger partial charge is 0.218 e. The van der Waals surface area contributed by atoms with Crippen molar-refractivity contribution in [3.63, 3.8) is 0 Å². The fourth-order valence-electron chi connectivity index (χ4n) is 4.58. The largest absolute Gasteiger partial charge is 0.360 e. The number of rotatable bonds is 7. The summed E-state index contributed by atoms with van der Waals surface area (Å²) in [5.41, 5.74) is 6.17. The third-order valence-electron chi connectivity index (χ3n) is 6.58. The number of benzene rings is 2. The molecule has 5 heteroatoms. The van der Waals surface area contributed by atoms with Crippen molar-refractivity contribution in [1.82, 2.24) is 4.57 Å². The number of hydrogen-bond donors (Lipinski definition) is 1. The van der Waals surface area contributed by atoms with Gasteiger partial charge in [-0.1, -0.05) is 30.3 Å². The SMILES string of the molecule is CC(=O)c1ccc(N2CC[NH+](CC(=O)c3cc(C)n(Cc4ccccc4)c3C)CC2)cc1. The monoisotopic (exact) mass is 430 g/mol. The van der Waals surface area contributed by atoms with Crippen LogP contribution in [0.25, 0.3) is 0 Å². The van der Waals surface area contributed by atoms with Crippen LogP contribution in [-0.4, -0.2) is 48.9 Å². The lowest BCUT2D eigenvalue weighted by Gasteiger charge is -2.33. The number of Topliss-reactive ketones (excluding diaryl/α,β-unsaturated/α-hetero) is 2. The number of carbonyl (C=O) groups excluding carboxylic acids is 2. The van der Waals surface area contributed by atoms with Crippen molar-refractivity contribution in [3.05, 3.63) is 88.7 Å². The minimum Gasteiger partial charge on any atom is -0.360 e. The van der Waals surface area contributed by atoms with Gasteiger partial charge in [0.25, 0.3) is 0 Å². The van der Waals surface area contributed by atoms with E-state index in [2.05, 4.69) is 47.6 Å². The van der Waals surface area contributed by atoms with E-state index in [0.717, 1.165) is 60.9 Å². The van der Waals surface area contributed by atoms with Crippen LogP contribution in [0.2, 0.25) is 0 Å². The molecule has 1 saturated heterocycles. The maximum absolute atomic E-state index is 13.1. The van der Waals surface area contributed by atoms with E-state index < -0.39 is 0 Å². The molecule has 0 unspecified atom stereocenters. The lowest BCUT2D eigenvalue weighted by Crippen LogP contribution is -3.15. The Labute approximate surface area is 190 Å². The van der Waals surface area contributed by atoms with Crippen molar-refractivity contribution >= 4 is 17.3 Å². The molecule has 4 rings (SSSR count). The number of carbonyl (C=O) groups is 2. The van der Waals surface area contributed by atoms with Crippen LogP contribution in [0.1, 0.15) is 44.6 Å². The van der Waals surface area contributed by atoms with E-state index in [-0.39, 0.29) is 11.6 Å². The van der Waals surface area contributed by atoms with Crippen molar-refractivity contribution < 1.29 is 14.5 Å². The second kappa shape index (κ2) is 9.53. The summed E-state index contributed by atoms with van der Waals surface area (Å²) in [6.07, 6.45) is 0. The zero-order chi connectivity index (χ0) is 22.7. The molecule has 0 amide bonds. The Morgan fingerprint density at radius 3 is 2.22 bits per heavy atom. The van der Waals surface area contributed by atoms with Crippen LogP contribution < -0.4 is 9.80 Å². The number of aromatic nitrogens is 1. The van der Waals surface area contributed by atoms with Gasteiger partial charge in [0, 0.05) is 34.7 Å². The third kappa shape index (κ3) is 4.83. The lowest BCUT2D eigenvalue weighted by atomic mass is 10.1. The average molecular weight is 431 g/mol. The summed E-state index contributed by atoms with van der Waals surface area (Å²) >= 11 is 0. The molecule has 1 aromatic heterocycles. The highest BCUT2D eigenvalue weighted by Gasteiger charge is 2.25. The van der Waals surface area contributed by atoms with Crippen LogP contribution in [-0.2, 0) is 6.54 Å². The molecule has 1 aliphatic rings. The van der Waals surface area contributed by atoms with E-state index in [1.165, 1.54) is 10.5 Å². The molecule has 0 bridgehead atoms. The predicted molar refractivity (Wildman–Crippen MR) is 128 cm³/mol. The quantitative estimate of drug-likeness (QED) is 0.587. The first-order valence-corrected chi connectivity index (χ1v) is 11.4. The summed E-state index contributed by atoms with van der Waals surface area (Å²) < 4.78 is 2.24. The number of piperazine rings is 1. The molecule has 166 valence electrons. The van der Waals surface area contributed by atoms with Crippen molar-refractivity contribution in [1.29, 1.82) is 0 Å². The molecule has 0 aliphatic carbocycles. The van der Waals surface area contributed by atoms with E-state index in [9.17, 15) is 9.59 Å². The van der Waals surface area contributed by atoms with Gasteiger partial charge in [0.05, 0.1) is 26.2 Å². The first-order valence-electron chi connectivity index (χ1n) is 11.4. The Balaban J connectivity index is 1.36. The van der Waals surface area contributed by atoms with Crippen LogP contribution in [0.15, 0.2) is 60.7 Å². The highest BCUT2D eigenvalue weighted by Crippen LogP contribution is 2.18. The summed E-state index contributed by atoms with van der Waals surface area (Å²) in [6.45, 7) is 10.7. The topological polar surface area (TPSA) is 46.8 Å². The van der Waals surface area contributed by atoms with Gasteiger partial charge in [0.15, 0.2) is 5.78 Å². The molecule has 0 radical (unpaired) electrons. The normalized spacial score (nSPS) is 14.5. The minimum atomic E-state index is 0.0902. The second-order valence-electron chi connectivity index (χ2n) is 8.80. The van der Waals surface area contributed by atoms with Crippen molar-refractivity contribution in [2.24, 2.45) is 0 Å². The average Bonchev–Trinajstić information content (AvgIpc) is 3.09. The highest BCUT2D eigenvalue weighted by molar-refractivity contribution is 5.98. The van der Waals surface area contributed by atoms with Gasteiger partial charge >= 0.3 is 0 Å². The Kier molecular flexibility index (Phi) is 6.56. The van der Waals surface area contributed by atoms with E-state index in [4.69, 9.17) is 0 Å². The van der Waals surface area contributed by atoms with E-state index in [1.807, 2.05) is 36.4 Å². The fraction of sp³-hybridized carbons (Fsp3) is 0.333. The molecule has 1 fully saturated rings. The van der Waals surface area contributed by atoms with Crippen molar-refractivity contribution in [2.75, 3.05) is 37.6 Å². The van der Waals surface area contributed by atoms with Crippen LogP contribution in [0.5, 0.6) is 0 Å². The molecular formula is C27H32N3O2+. The van der Waals surface area contributed by atoms with Crippen LogP contribution in [0.3, 0.4) is 0 Å². The summed E-state index contributed by atoms with van der Waals surface area (Å²) in [6, 6.07) is 20.3. The maximum atomic E-state index is 13.1. The predicted octanol–water partition coefficient (Wildman–Crippen LogP) is 2.94. The number of anilines is 1. The molecule has 1 aliphatic heterocycles. The Hall–Kier alpha value is -3.18. The second-order valence-corrected chi connectivity index (χ2v) is 8.80. The first kappa shape index (κ1) is 22.0. The molecule has 0 atom stereocenters. The molecule has 32 heavy (non-hydrogen) atoms. The molecule has 2 heterocycles. The van der Waals surface area contributed by atoms with Gasteiger partial charge in [-0.3, -0.25) is 9.59 Å². The Bertz CT molecular complexity index is 1090. The Morgan fingerprint density at radius 2 is 1.59 bits per heavy atom. The highest BCUT2D eigenvalue weighted by atomic mass is 16.1. The van der Waals surface area contributed by atoms with Crippen molar-refractivity contribution in [3.8, 4) is 0 Å².